The summed E-state index contributed by atoms with van der Waals surface area (Å²) < 4.78 is 13.0. The van der Waals surface area contributed by atoms with Gasteiger partial charge in [-0.15, -0.1) is 0 Å². The number of rotatable bonds is 2. The summed E-state index contributed by atoms with van der Waals surface area (Å²) in [4.78, 5) is 11.2. The standard InChI is InChI=1S/C24H31N3O2/c1-17-25-13-18(14-26-17)15-27-10-8-24(9-11-27)12-20-22(28-16-24)19-6-4-5-7-21(19)29-23(20,2)3/h4-7,13-14,20,22H,8-12,15-16H2,1-3H3/t20-,22+/m0/s1. The predicted molar refractivity (Wildman–Crippen MR) is 112 cm³/mol. The molecule has 3 aliphatic heterocycles. The van der Waals surface area contributed by atoms with Gasteiger partial charge in [0.25, 0.3) is 0 Å². The van der Waals surface area contributed by atoms with Crippen LogP contribution in [0.5, 0.6) is 5.75 Å². The molecule has 154 valence electrons. The highest BCUT2D eigenvalue weighted by molar-refractivity contribution is 5.39. The molecule has 1 spiro atoms. The molecule has 5 heteroatoms. The maximum Gasteiger partial charge on any atom is 0.125 e. The van der Waals surface area contributed by atoms with Crippen LogP contribution in [0.3, 0.4) is 0 Å². The molecule has 2 fully saturated rings. The number of likely N-dealkylation sites (tertiary alicyclic amines) is 1. The molecule has 0 amide bonds. The molecule has 2 saturated heterocycles. The van der Waals surface area contributed by atoms with Gasteiger partial charge in [0.15, 0.2) is 0 Å². The molecule has 4 heterocycles. The molecule has 2 atom stereocenters. The average Bonchev–Trinajstić information content (AvgIpc) is 2.72. The van der Waals surface area contributed by atoms with Gasteiger partial charge in [-0.25, -0.2) is 9.97 Å². The summed E-state index contributed by atoms with van der Waals surface area (Å²) in [5.41, 5.74) is 2.49. The van der Waals surface area contributed by atoms with E-state index in [2.05, 4.69) is 46.9 Å². The summed E-state index contributed by atoms with van der Waals surface area (Å²) in [6.07, 6.45) is 7.62. The molecule has 0 aliphatic carbocycles. The SMILES string of the molecule is Cc1ncc(CN2CCC3(CC2)CO[C@@H]2c4ccccc4OC(C)(C)[C@H]2C3)cn1. The molecule has 5 nitrogen and oxygen atoms in total. The van der Waals surface area contributed by atoms with Crippen LogP contribution in [0.2, 0.25) is 0 Å². The van der Waals surface area contributed by atoms with Crippen molar-refractivity contribution in [2.45, 2.75) is 58.3 Å². The largest absolute Gasteiger partial charge is 0.487 e. The molecule has 0 radical (unpaired) electrons. The maximum absolute atomic E-state index is 6.59. The number of piperidine rings is 1. The van der Waals surface area contributed by atoms with Crippen LogP contribution in [0, 0.1) is 18.3 Å². The van der Waals surface area contributed by atoms with Gasteiger partial charge in [-0.05, 0) is 64.6 Å². The lowest BCUT2D eigenvalue weighted by atomic mass is 9.64. The van der Waals surface area contributed by atoms with Crippen molar-refractivity contribution >= 4 is 0 Å². The number of aromatic nitrogens is 2. The third-order valence-corrected chi connectivity index (χ3v) is 7.24. The fourth-order valence-electron chi connectivity index (χ4n) is 5.39. The lowest BCUT2D eigenvalue weighted by molar-refractivity contribution is -0.174. The fraction of sp³-hybridized carbons (Fsp3) is 0.583. The Hall–Kier alpha value is -1.98. The zero-order valence-electron chi connectivity index (χ0n) is 17.7. The van der Waals surface area contributed by atoms with Gasteiger partial charge < -0.3 is 9.47 Å². The smallest absolute Gasteiger partial charge is 0.125 e. The van der Waals surface area contributed by atoms with Gasteiger partial charge in [0, 0.05) is 36.0 Å². The number of nitrogens with zero attached hydrogens (tertiary/aromatic N) is 3. The predicted octanol–water partition coefficient (Wildman–Crippen LogP) is 4.32. The average molecular weight is 394 g/mol. The van der Waals surface area contributed by atoms with Crippen molar-refractivity contribution in [2.24, 2.45) is 11.3 Å². The van der Waals surface area contributed by atoms with Gasteiger partial charge in [0.05, 0.1) is 12.7 Å². The summed E-state index contributed by atoms with van der Waals surface area (Å²) in [5.74, 6) is 2.21. The molecule has 0 bridgehead atoms. The third-order valence-electron chi connectivity index (χ3n) is 7.24. The van der Waals surface area contributed by atoms with Crippen LogP contribution in [0.15, 0.2) is 36.7 Å². The maximum atomic E-state index is 6.59. The van der Waals surface area contributed by atoms with E-state index in [-0.39, 0.29) is 17.1 Å². The van der Waals surface area contributed by atoms with Crippen molar-refractivity contribution in [3.63, 3.8) is 0 Å². The zero-order valence-corrected chi connectivity index (χ0v) is 17.7. The lowest BCUT2D eigenvalue weighted by Crippen LogP contribution is -2.54. The van der Waals surface area contributed by atoms with Gasteiger partial charge in [0.2, 0.25) is 0 Å². The van der Waals surface area contributed by atoms with Crippen LogP contribution in [0.4, 0.5) is 0 Å². The second-order valence-electron chi connectivity index (χ2n) is 9.70. The molecule has 3 aliphatic rings. The van der Waals surface area contributed by atoms with E-state index in [4.69, 9.17) is 9.47 Å². The van der Waals surface area contributed by atoms with E-state index in [1.165, 1.54) is 30.4 Å². The normalized spacial score (nSPS) is 27.7. The van der Waals surface area contributed by atoms with Crippen LogP contribution >= 0.6 is 0 Å². The number of aryl methyl sites for hydroxylation is 1. The number of ether oxygens (including phenoxy) is 2. The molecule has 0 unspecified atom stereocenters. The Kier molecular flexibility index (Phi) is 4.63. The Morgan fingerprint density at radius 1 is 1.10 bits per heavy atom. The number of hydrogen-bond acceptors (Lipinski definition) is 5. The molecule has 1 aromatic carbocycles. The minimum Gasteiger partial charge on any atom is -0.487 e. The first-order chi connectivity index (χ1) is 13.9. The molecule has 1 aromatic heterocycles. The highest BCUT2D eigenvalue weighted by atomic mass is 16.5. The minimum atomic E-state index is -0.206. The number of para-hydroxylation sites is 1. The summed E-state index contributed by atoms with van der Waals surface area (Å²) in [6, 6.07) is 8.40. The van der Waals surface area contributed by atoms with Gasteiger partial charge in [-0.3, -0.25) is 4.90 Å². The summed E-state index contributed by atoms with van der Waals surface area (Å²) in [6.45, 7) is 10.4. The Bertz CT molecular complexity index is 872. The van der Waals surface area contributed by atoms with Crippen molar-refractivity contribution in [1.82, 2.24) is 14.9 Å². The second kappa shape index (κ2) is 7.06. The van der Waals surface area contributed by atoms with Crippen LogP contribution in [-0.4, -0.2) is 40.2 Å². The zero-order chi connectivity index (χ0) is 20.1. The minimum absolute atomic E-state index is 0.156. The van der Waals surface area contributed by atoms with E-state index >= 15 is 0 Å². The van der Waals surface area contributed by atoms with Crippen molar-refractivity contribution < 1.29 is 9.47 Å². The van der Waals surface area contributed by atoms with E-state index < -0.39 is 0 Å². The summed E-state index contributed by atoms with van der Waals surface area (Å²) >= 11 is 0. The molecular formula is C24H31N3O2. The highest BCUT2D eigenvalue weighted by Gasteiger charge is 2.52. The molecule has 0 saturated carbocycles. The van der Waals surface area contributed by atoms with Gasteiger partial charge in [0.1, 0.15) is 17.2 Å². The van der Waals surface area contributed by atoms with Crippen molar-refractivity contribution in [2.75, 3.05) is 19.7 Å². The number of hydrogen-bond donors (Lipinski definition) is 0. The van der Waals surface area contributed by atoms with E-state index in [1.807, 2.05) is 25.4 Å². The van der Waals surface area contributed by atoms with Crippen LogP contribution in [0.1, 0.15) is 56.2 Å². The number of benzene rings is 1. The Labute approximate surface area is 173 Å². The molecule has 0 N–H and O–H groups in total. The van der Waals surface area contributed by atoms with Crippen LogP contribution in [-0.2, 0) is 11.3 Å². The van der Waals surface area contributed by atoms with E-state index in [1.54, 1.807) is 0 Å². The quantitative estimate of drug-likeness (QED) is 0.761. The van der Waals surface area contributed by atoms with Crippen molar-refractivity contribution in [3.05, 3.63) is 53.6 Å². The lowest BCUT2D eigenvalue weighted by Gasteiger charge is -2.54. The van der Waals surface area contributed by atoms with Crippen molar-refractivity contribution in [1.29, 1.82) is 0 Å². The summed E-state index contributed by atoms with van der Waals surface area (Å²) in [5, 5.41) is 0. The van der Waals surface area contributed by atoms with Gasteiger partial charge in [-0.2, -0.15) is 0 Å². The fourth-order valence-corrected chi connectivity index (χ4v) is 5.39. The van der Waals surface area contributed by atoms with E-state index in [0.717, 1.165) is 37.8 Å². The number of fused-ring (bicyclic) bond motifs is 3. The summed E-state index contributed by atoms with van der Waals surface area (Å²) in [7, 11) is 0. The molecule has 2 aromatic rings. The van der Waals surface area contributed by atoms with E-state index in [9.17, 15) is 0 Å². The third kappa shape index (κ3) is 3.55. The first-order valence-electron chi connectivity index (χ1n) is 10.8. The van der Waals surface area contributed by atoms with Crippen molar-refractivity contribution in [3.8, 4) is 5.75 Å². The van der Waals surface area contributed by atoms with Gasteiger partial charge in [-0.1, -0.05) is 18.2 Å². The monoisotopic (exact) mass is 393 g/mol. The molecule has 29 heavy (non-hydrogen) atoms. The highest BCUT2D eigenvalue weighted by Crippen LogP contribution is 2.55. The van der Waals surface area contributed by atoms with Gasteiger partial charge >= 0.3 is 0 Å². The second-order valence-corrected chi connectivity index (χ2v) is 9.70. The van der Waals surface area contributed by atoms with Crippen LogP contribution < -0.4 is 4.74 Å². The Balaban J connectivity index is 1.28. The Morgan fingerprint density at radius 3 is 2.59 bits per heavy atom. The topological polar surface area (TPSA) is 47.5 Å². The first kappa shape index (κ1) is 19.0. The molecular weight excluding hydrogens is 362 g/mol. The first-order valence-corrected chi connectivity index (χ1v) is 10.8. The van der Waals surface area contributed by atoms with E-state index in [0.29, 0.717) is 5.92 Å². The van der Waals surface area contributed by atoms with Crippen LogP contribution in [0.25, 0.3) is 0 Å². The molecule has 5 rings (SSSR count). The Morgan fingerprint density at radius 2 is 1.83 bits per heavy atom.